The molecular formula is C15H22BrNO3. The zero-order valence-corrected chi connectivity index (χ0v) is 14.2. The van der Waals surface area contributed by atoms with Crippen molar-refractivity contribution in [2.75, 3.05) is 19.0 Å². The highest BCUT2D eigenvalue weighted by atomic mass is 79.9. The average molecular weight is 344 g/mol. The minimum absolute atomic E-state index is 0.0930. The Balaban J connectivity index is 2.98. The van der Waals surface area contributed by atoms with Crippen LogP contribution in [-0.4, -0.2) is 31.3 Å². The van der Waals surface area contributed by atoms with Crippen molar-refractivity contribution in [2.24, 2.45) is 0 Å². The minimum atomic E-state index is -0.514. The van der Waals surface area contributed by atoms with Crippen LogP contribution in [0.1, 0.15) is 38.1 Å². The quantitative estimate of drug-likeness (QED) is 0.825. The van der Waals surface area contributed by atoms with Crippen molar-refractivity contribution >= 4 is 27.6 Å². The summed E-state index contributed by atoms with van der Waals surface area (Å²) in [6.07, 6.45) is 0. The molecule has 0 aliphatic carbocycles. The normalized spacial score (nSPS) is 12.9. The fraction of sp³-hybridized carbons (Fsp3) is 0.533. The number of methoxy groups -OCH3 is 1. The molecule has 4 nitrogen and oxygen atoms in total. The smallest absolute Gasteiger partial charge is 0.340 e. The molecule has 0 spiro atoms. The van der Waals surface area contributed by atoms with Crippen LogP contribution in [0.5, 0.6) is 0 Å². The van der Waals surface area contributed by atoms with E-state index in [1.165, 1.54) is 0 Å². The second kappa shape index (κ2) is 7.09. The highest BCUT2D eigenvalue weighted by molar-refractivity contribution is 9.10. The zero-order chi connectivity index (χ0) is 15.3. The first kappa shape index (κ1) is 17.0. The van der Waals surface area contributed by atoms with Crippen LogP contribution in [0.25, 0.3) is 0 Å². The van der Waals surface area contributed by atoms with Gasteiger partial charge in [-0.2, -0.15) is 0 Å². The van der Waals surface area contributed by atoms with Crippen LogP contribution in [0.2, 0.25) is 0 Å². The summed E-state index contributed by atoms with van der Waals surface area (Å²) in [6, 6.07) is 5.53. The summed E-state index contributed by atoms with van der Waals surface area (Å²) in [7, 11) is 1.65. The maximum absolute atomic E-state index is 12.2. The van der Waals surface area contributed by atoms with E-state index in [1.54, 1.807) is 13.2 Å². The summed E-state index contributed by atoms with van der Waals surface area (Å²) < 4.78 is 11.4. The van der Waals surface area contributed by atoms with Crippen molar-refractivity contribution in [1.82, 2.24) is 0 Å². The lowest BCUT2D eigenvalue weighted by atomic mass is 10.1. The molecule has 0 amide bonds. The number of hydrogen-bond donors (Lipinski definition) is 1. The number of carbonyl (C=O) groups is 1. The van der Waals surface area contributed by atoms with Gasteiger partial charge >= 0.3 is 5.97 Å². The molecule has 1 aromatic rings. The number of halogens is 1. The SMILES string of the molecule is COCC(C)Nc1cc(Br)ccc1C(=O)OC(C)(C)C. The van der Waals surface area contributed by atoms with Crippen molar-refractivity contribution < 1.29 is 14.3 Å². The first-order chi connectivity index (χ1) is 9.23. The third-order valence-corrected chi connectivity index (χ3v) is 2.91. The molecule has 1 unspecified atom stereocenters. The number of rotatable bonds is 5. The molecule has 0 saturated carbocycles. The molecule has 0 aliphatic rings. The summed E-state index contributed by atoms with van der Waals surface area (Å²) >= 11 is 3.41. The van der Waals surface area contributed by atoms with Gasteiger partial charge in [0.1, 0.15) is 5.60 Å². The third-order valence-electron chi connectivity index (χ3n) is 2.42. The van der Waals surface area contributed by atoms with Gasteiger partial charge in [0.25, 0.3) is 0 Å². The summed E-state index contributed by atoms with van der Waals surface area (Å²) in [5, 5.41) is 3.26. The van der Waals surface area contributed by atoms with Crippen molar-refractivity contribution in [3.8, 4) is 0 Å². The predicted octanol–water partition coefficient (Wildman–Crippen LogP) is 3.85. The molecule has 112 valence electrons. The number of benzene rings is 1. The monoisotopic (exact) mass is 343 g/mol. The van der Waals surface area contributed by atoms with E-state index in [0.717, 1.165) is 10.2 Å². The Morgan fingerprint density at radius 3 is 2.60 bits per heavy atom. The Kier molecular flexibility index (Phi) is 6.02. The lowest BCUT2D eigenvalue weighted by molar-refractivity contribution is 0.00706. The van der Waals surface area contributed by atoms with Gasteiger partial charge < -0.3 is 14.8 Å². The molecule has 1 aromatic carbocycles. The van der Waals surface area contributed by atoms with Crippen molar-refractivity contribution in [3.63, 3.8) is 0 Å². The highest BCUT2D eigenvalue weighted by Gasteiger charge is 2.21. The molecule has 0 saturated heterocycles. The van der Waals surface area contributed by atoms with Crippen molar-refractivity contribution in [1.29, 1.82) is 0 Å². The molecule has 1 rings (SSSR count). The van der Waals surface area contributed by atoms with Gasteiger partial charge in [0.15, 0.2) is 0 Å². The molecule has 0 aromatic heterocycles. The summed E-state index contributed by atoms with van der Waals surface area (Å²) in [4.78, 5) is 12.2. The fourth-order valence-corrected chi connectivity index (χ4v) is 2.07. The maximum atomic E-state index is 12.2. The lowest BCUT2D eigenvalue weighted by Crippen LogP contribution is -2.26. The molecule has 1 atom stereocenters. The molecule has 5 heteroatoms. The van der Waals surface area contributed by atoms with Crippen LogP contribution in [0.15, 0.2) is 22.7 Å². The van der Waals surface area contributed by atoms with Gasteiger partial charge in [-0.15, -0.1) is 0 Å². The van der Waals surface area contributed by atoms with Gasteiger partial charge in [0.05, 0.1) is 17.9 Å². The van der Waals surface area contributed by atoms with Gasteiger partial charge in [0, 0.05) is 17.6 Å². The van der Waals surface area contributed by atoms with Crippen LogP contribution >= 0.6 is 15.9 Å². The Labute approximate surface area is 129 Å². The van der Waals surface area contributed by atoms with Crippen molar-refractivity contribution in [3.05, 3.63) is 28.2 Å². The third kappa shape index (κ3) is 5.51. The molecular weight excluding hydrogens is 322 g/mol. The van der Waals surface area contributed by atoms with Crippen LogP contribution < -0.4 is 5.32 Å². The van der Waals surface area contributed by atoms with Gasteiger partial charge in [-0.1, -0.05) is 15.9 Å². The Bertz CT molecular complexity index is 469. The number of hydrogen-bond acceptors (Lipinski definition) is 4. The van der Waals surface area contributed by atoms with E-state index in [2.05, 4.69) is 21.2 Å². The second-order valence-electron chi connectivity index (χ2n) is 5.69. The van der Waals surface area contributed by atoms with E-state index in [9.17, 15) is 4.79 Å². The summed E-state index contributed by atoms with van der Waals surface area (Å²) in [5.74, 6) is -0.336. The summed E-state index contributed by atoms with van der Waals surface area (Å²) in [6.45, 7) is 8.10. The first-order valence-corrected chi connectivity index (χ1v) is 7.30. The highest BCUT2D eigenvalue weighted by Crippen LogP contribution is 2.24. The standard InChI is InChI=1S/C15H22BrNO3/c1-10(9-19-5)17-13-8-11(16)6-7-12(13)14(18)20-15(2,3)4/h6-8,10,17H,9H2,1-5H3. The van der Waals surface area contributed by atoms with E-state index in [0.29, 0.717) is 12.2 Å². The van der Waals surface area contributed by atoms with Gasteiger partial charge in [0.2, 0.25) is 0 Å². The first-order valence-electron chi connectivity index (χ1n) is 6.51. The number of carbonyl (C=O) groups excluding carboxylic acids is 1. The molecule has 0 fully saturated rings. The topological polar surface area (TPSA) is 47.6 Å². The molecule has 0 radical (unpaired) electrons. The van der Waals surface area contributed by atoms with Crippen LogP contribution in [0, 0.1) is 0 Å². The lowest BCUT2D eigenvalue weighted by Gasteiger charge is -2.22. The molecule has 1 N–H and O–H groups in total. The molecule has 20 heavy (non-hydrogen) atoms. The molecule has 0 aliphatic heterocycles. The van der Waals surface area contributed by atoms with E-state index in [4.69, 9.17) is 9.47 Å². The second-order valence-corrected chi connectivity index (χ2v) is 6.61. The van der Waals surface area contributed by atoms with E-state index in [1.807, 2.05) is 39.8 Å². The van der Waals surface area contributed by atoms with Crippen molar-refractivity contribution in [2.45, 2.75) is 39.3 Å². The maximum Gasteiger partial charge on any atom is 0.340 e. The Hall–Kier alpha value is -1.07. The molecule has 0 bridgehead atoms. The van der Waals surface area contributed by atoms with Crippen LogP contribution in [0.3, 0.4) is 0 Å². The number of nitrogens with one attached hydrogen (secondary N) is 1. The zero-order valence-electron chi connectivity index (χ0n) is 12.6. The number of anilines is 1. The Morgan fingerprint density at radius 2 is 2.05 bits per heavy atom. The fourth-order valence-electron chi connectivity index (χ4n) is 1.70. The van der Waals surface area contributed by atoms with E-state index in [-0.39, 0.29) is 12.0 Å². The number of ether oxygens (including phenoxy) is 2. The average Bonchev–Trinajstić information content (AvgIpc) is 2.26. The summed E-state index contributed by atoms with van der Waals surface area (Å²) in [5.41, 5.74) is 0.740. The predicted molar refractivity (Wildman–Crippen MR) is 84.3 cm³/mol. The van der Waals surface area contributed by atoms with E-state index >= 15 is 0 Å². The van der Waals surface area contributed by atoms with Crippen LogP contribution in [0.4, 0.5) is 5.69 Å². The van der Waals surface area contributed by atoms with E-state index < -0.39 is 5.60 Å². The van der Waals surface area contributed by atoms with Gasteiger partial charge in [-0.05, 0) is 45.9 Å². The van der Waals surface area contributed by atoms with Gasteiger partial charge in [-0.3, -0.25) is 0 Å². The van der Waals surface area contributed by atoms with Crippen LogP contribution in [-0.2, 0) is 9.47 Å². The molecule has 0 heterocycles. The minimum Gasteiger partial charge on any atom is -0.456 e. The number of esters is 1. The largest absolute Gasteiger partial charge is 0.456 e. The Morgan fingerprint density at radius 1 is 1.40 bits per heavy atom. The van der Waals surface area contributed by atoms with Gasteiger partial charge in [-0.25, -0.2) is 4.79 Å².